The van der Waals surface area contributed by atoms with Gasteiger partial charge in [-0.1, -0.05) is 26.0 Å². The van der Waals surface area contributed by atoms with Crippen molar-refractivity contribution in [1.82, 2.24) is 5.32 Å². The van der Waals surface area contributed by atoms with Crippen molar-refractivity contribution in [2.45, 2.75) is 39.7 Å². The number of amides is 1. The molecule has 118 valence electrons. The first-order valence-corrected chi connectivity index (χ1v) is 7.59. The molecule has 1 unspecified atom stereocenters. The van der Waals surface area contributed by atoms with E-state index >= 15 is 0 Å². The van der Waals surface area contributed by atoms with Crippen molar-refractivity contribution in [3.63, 3.8) is 0 Å². The fourth-order valence-electron chi connectivity index (χ4n) is 2.47. The molecule has 0 aliphatic rings. The van der Waals surface area contributed by atoms with E-state index in [1.165, 1.54) is 0 Å². The van der Waals surface area contributed by atoms with Gasteiger partial charge in [0.05, 0.1) is 13.2 Å². The molecule has 4 heteroatoms. The molecule has 0 spiro atoms. The van der Waals surface area contributed by atoms with E-state index in [9.17, 15) is 4.79 Å². The van der Waals surface area contributed by atoms with Gasteiger partial charge < -0.3 is 15.8 Å². The Bertz CT molecular complexity index is 429. The highest BCUT2D eigenvalue weighted by atomic mass is 16.5. The fourth-order valence-corrected chi connectivity index (χ4v) is 2.47. The summed E-state index contributed by atoms with van der Waals surface area (Å²) in [7, 11) is 1.64. The minimum atomic E-state index is -0.0131. The molecule has 1 aromatic rings. The number of methoxy groups -OCH3 is 1. The molecule has 1 amide bonds. The van der Waals surface area contributed by atoms with Crippen LogP contribution in [0.15, 0.2) is 24.3 Å². The zero-order chi connectivity index (χ0) is 15.8. The van der Waals surface area contributed by atoms with Crippen LogP contribution in [-0.4, -0.2) is 19.6 Å². The van der Waals surface area contributed by atoms with E-state index in [2.05, 4.69) is 19.2 Å². The Labute approximate surface area is 128 Å². The van der Waals surface area contributed by atoms with Crippen molar-refractivity contribution in [1.29, 1.82) is 0 Å². The topological polar surface area (TPSA) is 64.3 Å². The molecule has 3 N–H and O–H groups in total. The number of rotatable bonds is 8. The zero-order valence-electron chi connectivity index (χ0n) is 13.6. The van der Waals surface area contributed by atoms with Crippen molar-refractivity contribution in [2.24, 2.45) is 17.6 Å². The van der Waals surface area contributed by atoms with Crippen molar-refractivity contribution in [3.8, 4) is 5.75 Å². The molecule has 0 bridgehead atoms. The van der Waals surface area contributed by atoms with Crippen LogP contribution in [0.3, 0.4) is 0 Å². The normalized spacial score (nSPS) is 13.8. The molecule has 1 rings (SSSR count). The van der Waals surface area contributed by atoms with Gasteiger partial charge in [0.25, 0.3) is 0 Å². The quantitative estimate of drug-likeness (QED) is 0.774. The third kappa shape index (κ3) is 6.17. The van der Waals surface area contributed by atoms with Crippen molar-refractivity contribution in [2.75, 3.05) is 13.7 Å². The largest absolute Gasteiger partial charge is 0.497 e. The Morgan fingerprint density at radius 2 is 1.86 bits per heavy atom. The highest BCUT2D eigenvalue weighted by Crippen LogP contribution is 2.18. The molecule has 21 heavy (non-hydrogen) atoms. The summed E-state index contributed by atoms with van der Waals surface area (Å²) in [5, 5.41) is 3.04. The second-order valence-electron chi connectivity index (χ2n) is 6.00. The summed E-state index contributed by atoms with van der Waals surface area (Å²) in [6.07, 6.45) is 1.48. The summed E-state index contributed by atoms with van der Waals surface area (Å²) in [5.41, 5.74) is 6.82. The third-order valence-corrected chi connectivity index (χ3v) is 3.61. The van der Waals surface area contributed by atoms with Crippen LogP contribution >= 0.6 is 0 Å². The predicted molar refractivity (Wildman–Crippen MR) is 86.2 cm³/mol. The first kappa shape index (κ1) is 17.5. The van der Waals surface area contributed by atoms with Crippen LogP contribution in [0, 0.1) is 11.8 Å². The molecule has 0 aliphatic carbocycles. The monoisotopic (exact) mass is 292 g/mol. The lowest BCUT2D eigenvalue weighted by molar-refractivity contribution is -0.122. The van der Waals surface area contributed by atoms with Gasteiger partial charge in [-0.05, 0) is 49.4 Å². The van der Waals surface area contributed by atoms with Crippen LogP contribution in [0.4, 0.5) is 0 Å². The van der Waals surface area contributed by atoms with Crippen LogP contribution in [0.25, 0.3) is 0 Å². The molecule has 0 saturated carbocycles. The highest BCUT2D eigenvalue weighted by Gasteiger charge is 2.16. The minimum Gasteiger partial charge on any atom is -0.497 e. The number of nitrogens with two attached hydrogens (primary N) is 1. The van der Waals surface area contributed by atoms with Gasteiger partial charge in [0.2, 0.25) is 5.91 Å². The minimum absolute atomic E-state index is 0.0131. The lowest BCUT2D eigenvalue weighted by Crippen LogP contribution is -2.30. The van der Waals surface area contributed by atoms with E-state index in [1.807, 2.05) is 31.2 Å². The molecule has 0 radical (unpaired) electrons. The summed E-state index contributed by atoms with van der Waals surface area (Å²) < 4.78 is 5.13. The van der Waals surface area contributed by atoms with Crippen molar-refractivity contribution in [3.05, 3.63) is 29.8 Å². The van der Waals surface area contributed by atoms with E-state index < -0.39 is 0 Å². The maximum Gasteiger partial charge on any atom is 0.220 e. The molecule has 0 fully saturated rings. The molecule has 1 aromatic carbocycles. The van der Waals surface area contributed by atoms with Crippen molar-refractivity contribution < 1.29 is 9.53 Å². The molecule has 0 heterocycles. The number of ether oxygens (including phenoxy) is 1. The number of carbonyl (C=O) groups excluding carboxylic acids is 1. The molecule has 4 nitrogen and oxygen atoms in total. The maximum absolute atomic E-state index is 12.1. The lowest BCUT2D eigenvalue weighted by atomic mass is 9.94. The summed E-state index contributed by atoms with van der Waals surface area (Å²) >= 11 is 0. The Hall–Kier alpha value is -1.55. The Morgan fingerprint density at radius 3 is 2.33 bits per heavy atom. The molecule has 0 aromatic heterocycles. The van der Waals surface area contributed by atoms with Gasteiger partial charge in [-0.2, -0.15) is 0 Å². The zero-order valence-corrected chi connectivity index (χ0v) is 13.6. The van der Waals surface area contributed by atoms with E-state index in [0.717, 1.165) is 17.7 Å². The molecule has 0 saturated heterocycles. The third-order valence-electron chi connectivity index (χ3n) is 3.61. The standard InChI is InChI=1S/C17H28N2O2/c1-12(2)9-14(11-18)10-17(20)19-13(3)15-5-7-16(21-4)8-6-15/h5-8,12-14H,9-11,18H2,1-4H3,(H,19,20)/t13-,14?/m0/s1. The van der Waals surface area contributed by atoms with E-state index in [-0.39, 0.29) is 17.9 Å². The predicted octanol–water partition coefficient (Wildman–Crippen LogP) is 2.88. The SMILES string of the molecule is COc1ccc([C@H](C)NC(=O)CC(CN)CC(C)C)cc1. The van der Waals surface area contributed by atoms with Gasteiger partial charge in [0.15, 0.2) is 0 Å². The first-order chi connectivity index (χ1) is 9.96. The highest BCUT2D eigenvalue weighted by molar-refractivity contribution is 5.76. The van der Waals surface area contributed by atoms with Gasteiger partial charge in [-0.3, -0.25) is 4.79 Å². The smallest absolute Gasteiger partial charge is 0.220 e. The van der Waals surface area contributed by atoms with Gasteiger partial charge >= 0.3 is 0 Å². The summed E-state index contributed by atoms with van der Waals surface area (Å²) in [5.74, 6) is 1.70. The lowest BCUT2D eigenvalue weighted by Gasteiger charge is -2.19. The van der Waals surface area contributed by atoms with Crippen LogP contribution in [-0.2, 0) is 4.79 Å². The Balaban J connectivity index is 2.52. The van der Waals surface area contributed by atoms with Gasteiger partial charge in [-0.25, -0.2) is 0 Å². The van der Waals surface area contributed by atoms with Gasteiger partial charge in [-0.15, -0.1) is 0 Å². The Kier molecular flexibility index (Phi) is 7.23. The maximum atomic E-state index is 12.1. The van der Waals surface area contributed by atoms with Crippen LogP contribution in [0.2, 0.25) is 0 Å². The Morgan fingerprint density at radius 1 is 1.24 bits per heavy atom. The van der Waals surface area contributed by atoms with Crippen LogP contribution in [0.5, 0.6) is 5.75 Å². The van der Waals surface area contributed by atoms with Gasteiger partial charge in [0, 0.05) is 6.42 Å². The summed E-state index contributed by atoms with van der Waals surface area (Å²) in [4.78, 5) is 12.1. The first-order valence-electron chi connectivity index (χ1n) is 7.59. The van der Waals surface area contributed by atoms with Gasteiger partial charge in [0.1, 0.15) is 5.75 Å². The fraction of sp³-hybridized carbons (Fsp3) is 0.588. The summed E-state index contributed by atoms with van der Waals surface area (Å²) in [6, 6.07) is 7.73. The number of hydrogen-bond acceptors (Lipinski definition) is 3. The van der Waals surface area contributed by atoms with E-state index in [1.54, 1.807) is 7.11 Å². The van der Waals surface area contributed by atoms with E-state index in [0.29, 0.717) is 18.9 Å². The number of hydrogen-bond donors (Lipinski definition) is 2. The van der Waals surface area contributed by atoms with E-state index in [4.69, 9.17) is 10.5 Å². The number of nitrogens with one attached hydrogen (secondary N) is 1. The molecule has 0 aliphatic heterocycles. The molecular weight excluding hydrogens is 264 g/mol. The second kappa shape index (κ2) is 8.67. The number of carbonyl (C=O) groups is 1. The average Bonchev–Trinajstić information content (AvgIpc) is 2.45. The van der Waals surface area contributed by atoms with Crippen LogP contribution < -0.4 is 15.8 Å². The second-order valence-corrected chi connectivity index (χ2v) is 6.00. The molecular formula is C17H28N2O2. The average molecular weight is 292 g/mol. The van der Waals surface area contributed by atoms with Crippen molar-refractivity contribution >= 4 is 5.91 Å². The molecule has 2 atom stereocenters. The summed E-state index contributed by atoms with van der Waals surface area (Å²) in [6.45, 7) is 6.85. The van der Waals surface area contributed by atoms with Crippen LogP contribution in [0.1, 0.15) is 45.2 Å². The number of benzene rings is 1.